The number of phenolic OH excluding ortho intramolecular Hbond substituents is 1. The summed E-state index contributed by atoms with van der Waals surface area (Å²) in [5, 5.41) is 9.50. The maximum absolute atomic E-state index is 11.7. The summed E-state index contributed by atoms with van der Waals surface area (Å²) in [6.07, 6.45) is 0.303. The van der Waals surface area contributed by atoms with E-state index < -0.39 is 5.60 Å². The van der Waals surface area contributed by atoms with E-state index >= 15 is 0 Å². The normalized spacial score (nSPS) is 18.6. The summed E-state index contributed by atoms with van der Waals surface area (Å²) >= 11 is 0. The van der Waals surface area contributed by atoms with E-state index in [1.165, 1.54) is 6.07 Å². The minimum atomic E-state index is -0.474. The van der Waals surface area contributed by atoms with Crippen LogP contribution >= 0.6 is 0 Å². The van der Waals surface area contributed by atoms with Gasteiger partial charge in [-0.05, 0) is 26.0 Å². The molecule has 0 saturated heterocycles. The number of fused-ring (bicyclic) bond motifs is 1. The van der Waals surface area contributed by atoms with Crippen LogP contribution < -0.4 is 4.74 Å². The number of Topliss-reactive ketones (excluding diaryl/α,β-unsaturated/α-hetero) is 1. The van der Waals surface area contributed by atoms with Crippen molar-refractivity contribution in [1.29, 1.82) is 0 Å². The van der Waals surface area contributed by atoms with Gasteiger partial charge in [0.05, 0.1) is 6.42 Å². The molecule has 74 valence electrons. The van der Waals surface area contributed by atoms with Crippen molar-refractivity contribution in [3.8, 4) is 11.5 Å². The van der Waals surface area contributed by atoms with Crippen LogP contribution in [0.25, 0.3) is 0 Å². The summed E-state index contributed by atoms with van der Waals surface area (Å²) in [5.41, 5.74) is -0.162. The van der Waals surface area contributed by atoms with Crippen LogP contribution in [-0.2, 0) is 0 Å². The van der Waals surface area contributed by atoms with Crippen LogP contribution in [0.15, 0.2) is 18.2 Å². The molecule has 14 heavy (non-hydrogen) atoms. The standard InChI is InChI=1S/C11H12O3/c1-11(2)6-8(13)10-7(12)4-3-5-9(10)14-11/h3-5,12H,6H2,1-2H3. The van der Waals surface area contributed by atoms with Gasteiger partial charge in [0.25, 0.3) is 0 Å². The van der Waals surface area contributed by atoms with E-state index in [1.807, 2.05) is 13.8 Å². The van der Waals surface area contributed by atoms with Crippen LogP contribution in [0.4, 0.5) is 0 Å². The molecule has 2 rings (SSSR count). The highest BCUT2D eigenvalue weighted by Gasteiger charge is 2.33. The Morgan fingerprint density at radius 1 is 1.43 bits per heavy atom. The lowest BCUT2D eigenvalue weighted by molar-refractivity contribution is 0.0614. The zero-order valence-corrected chi connectivity index (χ0v) is 8.20. The molecule has 1 aliphatic heterocycles. The van der Waals surface area contributed by atoms with Crippen molar-refractivity contribution in [2.75, 3.05) is 0 Å². The molecular weight excluding hydrogens is 180 g/mol. The SMILES string of the molecule is CC1(C)CC(=O)c2c(O)cccc2O1. The Morgan fingerprint density at radius 3 is 2.86 bits per heavy atom. The van der Waals surface area contributed by atoms with Gasteiger partial charge >= 0.3 is 0 Å². The van der Waals surface area contributed by atoms with Gasteiger partial charge in [0.2, 0.25) is 0 Å². The van der Waals surface area contributed by atoms with Crippen molar-refractivity contribution in [2.24, 2.45) is 0 Å². The van der Waals surface area contributed by atoms with E-state index in [0.29, 0.717) is 17.7 Å². The van der Waals surface area contributed by atoms with Crippen LogP contribution in [0.2, 0.25) is 0 Å². The number of aromatic hydroxyl groups is 1. The van der Waals surface area contributed by atoms with Gasteiger partial charge in [-0.3, -0.25) is 4.79 Å². The lowest BCUT2D eigenvalue weighted by atomic mass is 9.93. The zero-order valence-electron chi connectivity index (χ0n) is 8.20. The maximum Gasteiger partial charge on any atom is 0.174 e. The molecule has 1 aromatic carbocycles. The average Bonchev–Trinajstić information content (AvgIpc) is 2.00. The van der Waals surface area contributed by atoms with E-state index in [4.69, 9.17) is 4.74 Å². The molecule has 0 radical (unpaired) electrons. The molecule has 3 heteroatoms. The highest BCUT2D eigenvalue weighted by Crippen LogP contribution is 2.37. The quantitative estimate of drug-likeness (QED) is 0.685. The fourth-order valence-electron chi connectivity index (χ4n) is 1.69. The maximum atomic E-state index is 11.7. The van der Waals surface area contributed by atoms with Crippen molar-refractivity contribution in [1.82, 2.24) is 0 Å². The van der Waals surface area contributed by atoms with E-state index in [-0.39, 0.29) is 11.5 Å². The summed E-state index contributed by atoms with van der Waals surface area (Å²) in [6, 6.07) is 4.87. The highest BCUT2D eigenvalue weighted by molar-refractivity contribution is 6.02. The van der Waals surface area contributed by atoms with E-state index in [0.717, 1.165) is 0 Å². The third kappa shape index (κ3) is 1.35. The predicted molar refractivity (Wildman–Crippen MR) is 51.8 cm³/mol. The second kappa shape index (κ2) is 2.74. The van der Waals surface area contributed by atoms with Crippen LogP contribution in [-0.4, -0.2) is 16.5 Å². The molecule has 0 atom stereocenters. The molecule has 0 unspecified atom stereocenters. The first-order chi connectivity index (χ1) is 6.49. The van der Waals surface area contributed by atoms with Gasteiger partial charge < -0.3 is 9.84 Å². The predicted octanol–water partition coefficient (Wildman–Crippen LogP) is 2.14. The Labute approximate surface area is 82.3 Å². The highest BCUT2D eigenvalue weighted by atomic mass is 16.5. The van der Waals surface area contributed by atoms with Gasteiger partial charge in [0.15, 0.2) is 5.78 Å². The van der Waals surface area contributed by atoms with Crippen molar-refractivity contribution in [3.63, 3.8) is 0 Å². The fraction of sp³-hybridized carbons (Fsp3) is 0.364. The third-order valence-electron chi connectivity index (χ3n) is 2.26. The first-order valence-corrected chi connectivity index (χ1v) is 4.54. The minimum Gasteiger partial charge on any atom is -0.507 e. The van der Waals surface area contributed by atoms with Crippen LogP contribution in [0, 0.1) is 0 Å². The number of carbonyl (C=O) groups is 1. The van der Waals surface area contributed by atoms with Gasteiger partial charge in [0, 0.05) is 0 Å². The number of carbonyl (C=O) groups excluding carboxylic acids is 1. The van der Waals surface area contributed by atoms with E-state index in [1.54, 1.807) is 12.1 Å². The second-order valence-electron chi connectivity index (χ2n) is 4.11. The van der Waals surface area contributed by atoms with E-state index in [2.05, 4.69) is 0 Å². The molecule has 1 N–H and O–H groups in total. The summed E-state index contributed by atoms with van der Waals surface area (Å²) in [6.45, 7) is 3.72. The molecule has 1 heterocycles. The number of ketones is 1. The summed E-state index contributed by atoms with van der Waals surface area (Å²) < 4.78 is 5.59. The first-order valence-electron chi connectivity index (χ1n) is 4.54. The number of hydrogen-bond acceptors (Lipinski definition) is 3. The molecule has 0 saturated carbocycles. The Morgan fingerprint density at radius 2 is 2.14 bits per heavy atom. The van der Waals surface area contributed by atoms with Gasteiger partial charge in [-0.1, -0.05) is 6.07 Å². The van der Waals surface area contributed by atoms with Crippen LogP contribution in [0.5, 0.6) is 11.5 Å². The van der Waals surface area contributed by atoms with Crippen molar-refractivity contribution < 1.29 is 14.6 Å². The minimum absolute atomic E-state index is 0.00278. The average molecular weight is 192 g/mol. The zero-order chi connectivity index (χ0) is 10.3. The van der Waals surface area contributed by atoms with Gasteiger partial charge in [-0.15, -0.1) is 0 Å². The molecule has 1 aromatic rings. The van der Waals surface area contributed by atoms with Crippen molar-refractivity contribution >= 4 is 5.78 Å². The number of benzene rings is 1. The number of hydrogen-bond donors (Lipinski definition) is 1. The molecule has 0 amide bonds. The van der Waals surface area contributed by atoms with Crippen LogP contribution in [0.3, 0.4) is 0 Å². The summed E-state index contributed by atoms with van der Waals surface area (Å²) in [4.78, 5) is 11.7. The third-order valence-corrected chi connectivity index (χ3v) is 2.26. The largest absolute Gasteiger partial charge is 0.507 e. The molecular formula is C11H12O3. The topological polar surface area (TPSA) is 46.5 Å². The molecule has 0 bridgehead atoms. The molecule has 0 aromatic heterocycles. The van der Waals surface area contributed by atoms with Crippen molar-refractivity contribution in [2.45, 2.75) is 25.9 Å². The Bertz CT molecular complexity index is 394. The smallest absolute Gasteiger partial charge is 0.174 e. The van der Waals surface area contributed by atoms with Gasteiger partial charge in [0.1, 0.15) is 22.7 Å². The lowest BCUT2D eigenvalue weighted by Gasteiger charge is -2.31. The van der Waals surface area contributed by atoms with Crippen molar-refractivity contribution in [3.05, 3.63) is 23.8 Å². The first kappa shape index (κ1) is 9.06. The monoisotopic (exact) mass is 192 g/mol. The van der Waals surface area contributed by atoms with E-state index in [9.17, 15) is 9.90 Å². The summed E-state index contributed by atoms with van der Waals surface area (Å²) in [7, 11) is 0. The Kier molecular flexibility index (Phi) is 1.77. The second-order valence-corrected chi connectivity index (χ2v) is 4.11. The molecule has 0 spiro atoms. The summed E-state index contributed by atoms with van der Waals surface area (Å²) in [5.74, 6) is 0.420. The molecule has 1 aliphatic rings. The number of phenols is 1. The number of ether oxygens (including phenoxy) is 1. The fourth-order valence-corrected chi connectivity index (χ4v) is 1.69. The van der Waals surface area contributed by atoms with Gasteiger partial charge in [-0.25, -0.2) is 0 Å². The molecule has 0 fully saturated rings. The van der Waals surface area contributed by atoms with Crippen LogP contribution in [0.1, 0.15) is 30.6 Å². The lowest BCUT2D eigenvalue weighted by Crippen LogP contribution is -2.35. The molecule has 3 nitrogen and oxygen atoms in total. The Hall–Kier alpha value is -1.51. The molecule has 0 aliphatic carbocycles. The Balaban J connectivity index is 2.56. The number of rotatable bonds is 0. The van der Waals surface area contributed by atoms with Gasteiger partial charge in [-0.2, -0.15) is 0 Å².